The lowest BCUT2D eigenvalue weighted by molar-refractivity contribution is -0.123. The molecule has 144 valence electrons. The normalized spacial score (nSPS) is 25.2. The zero-order valence-electron chi connectivity index (χ0n) is 16.6. The van der Waals surface area contributed by atoms with Crippen LogP contribution in [0.4, 0.5) is 0 Å². The Bertz CT molecular complexity index is 773. The predicted molar refractivity (Wildman–Crippen MR) is 109 cm³/mol. The lowest BCUT2D eigenvalue weighted by atomic mass is 9.94. The number of amides is 1. The van der Waals surface area contributed by atoms with E-state index in [0.717, 1.165) is 12.0 Å². The number of aromatic hydroxyl groups is 1. The third-order valence-corrected chi connectivity index (χ3v) is 6.31. The van der Waals surface area contributed by atoms with Crippen molar-refractivity contribution in [2.24, 2.45) is 11.8 Å². The van der Waals surface area contributed by atoms with Crippen LogP contribution in [0.1, 0.15) is 25.0 Å². The van der Waals surface area contributed by atoms with Gasteiger partial charge in [-0.25, -0.2) is 0 Å². The summed E-state index contributed by atoms with van der Waals surface area (Å²) >= 11 is 0. The number of carbonyl (C=O) groups excluding carboxylic acids is 1. The number of benzene rings is 2. The number of carbonyl (C=O) groups is 1. The molecule has 0 saturated heterocycles. The molecule has 1 amide bonds. The molecule has 1 aliphatic rings. The Labute approximate surface area is 162 Å². The Kier molecular flexibility index (Phi) is 5.56. The summed E-state index contributed by atoms with van der Waals surface area (Å²) in [5, 5.41) is 12.6. The molecule has 2 aromatic rings. The number of hydrogen-bond donors (Lipinski definition) is 2. The van der Waals surface area contributed by atoms with Crippen molar-refractivity contribution in [1.29, 1.82) is 0 Å². The van der Waals surface area contributed by atoms with Crippen LogP contribution in [0.3, 0.4) is 0 Å². The van der Waals surface area contributed by atoms with Gasteiger partial charge < -0.3 is 15.3 Å². The molecule has 1 saturated carbocycles. The number of rotatable bonds is 7. The van der Waals surface area contributed by atoms with Crippen LogP contribution in [0.25, 0.3) is 0 Å². The van der Waals surface area contributed by atoms with Crippen LogP contribution in [0.15, 0.2) is 54.6 Å². The van der Waals surface area contributed by atoms with E-state index in [-0.39, 0.29) is 29.0 Å². The van der Waals surface area contributed by atoms with E-state index < -0.39 is 0 Å². The van der Waals surface area contributed by atoms with Gasteiger partial charge in [0.05, 0.1) is 5.92 Å². The molecule has 4 heteroatoms. The zero-order valence-corrected chi connectivity index (χ0v) is 16.6. The topological polar surface area (TPSA) is 52.6 Å². The lowest BCUT2D eigenvalue weighted by Gasteiger charge is -2.25. The molecule has 3 rings (SSSR count). The van der Waals surface area contributed by atoms with Gasteiger partial charge in [-0.15, -0.1) is 0 Å². The van der Waals surface area contributed by atoms with E-state index in [1.54, 1.807) is 12.1 Å². The maximum absolute atomic E-state index is 12.9. The third-order valence-electron chi connectivity index (χ3n) is 6.31. The minimum atomic E-state index is -0.0735. The van der Waals surface area contributed by atoms with Crippen molar-refractivity contribution in [3.8, 4) is 5.75 Å². The van der Waals surface area contributed by atoms with Gasteiger partial charge >= 0.3 is 0 Å². The molecule has 0 bridgehead atoms. The molecule has 1 fully saturated rings. The van der Waals surface area contributed by atoms with E-state index in [2.05, 4.69) is 36.2 Å². The van der Waals surface area contributed by atoms with Crippen molar-refractivity contribution in [2.75, 3.05) is 20.6 Å². The summed E-state index contributed by atoms with van der Waals surface area (Å²) in [6.07, 6.45) is 0.823. The first kappa shape index (κ1) is 19.4. The fraction of sp³-hybridized carbons (Fsp3) is 0.435. The fourth-order valence-electron chi connectivity index (χ4n) is 4.14. The summed E-state index contributed by atoms with van der Waals surface area (Å²) in [5.41, 5.74) is 2.32. The van der Waals surface area contributed by atoms with E-state index in [9.17, 15) is 9.90 Å². The fourth-order valence-corrected chi connectivity index (χ4v) is 4.14. The van der Waals surface area contributed by atoms with Gasteiger partial charge in [-0.2, -0.15) is 0 Å². The van der Waals surface area contributed by atoms with Crippen LogP contribution in [-0.4, -0.2) is 42.6 Å². The summed E-state index contributed by atoms with van der Waals surface area (Å²) in [6.45, 7) is 4.97. The highest BCUT2D eigenvalue weighted by molar-refractivity contribution is 5.85. The Balaban J connectivity index is 1.61. The van der Waals surface area contributed by atoms with E-state index in [4.69, 9.17) is 0 Å². The van der Waals surface area contributed by atoms with E-state index >= 15 is 0 Å². The minimum Gasteiger partial charge on any atom is -0.508 e. The highest BCUT2D eigenvalue weighted by atomic mass is 16.3. The molecule has 0 unspecified atom stereocenters. The maximum atomic E-state index is 12.9. The lowest BCUT2D eigenvalue weighted by Crippen LogP contribution is -2.42. The predicted octanol–water partition coefficient (Wildman–Crippen LogP) is 3.20. The SMILES string of the molecule is C[C@H]1[C@@H](C(=O)NC[C@H](Cc2ccc(O)cc2)N(C)C)[C@]1(C)c1ccccc1. The second-order valence-electron chi connectivity index (χ2n) is 8.15. The van der Waals surface area contributed by atoms with Crippen molar-refractivity contribution in [3.63, 3.8) is 0 Å². The average molecular weight is 367 g/mol. The van der Waals surface area contributed by atoms with Crippen LogP contribution in [0.2, 0.25) is 0 Å². The summed E-state index contributed by atoms with van der Waals surface area (Å²) < 4.78 is 0. The van der Waals surface area contributed by atoms with E-state index in [0.29, 0.717) is 12.5 Å². The Hall–Kier alpha value is -2.33. The average Bonchev–Trinajstić information content (AvgIpc) is 3.22. The van der Waals surface area contributed by atoms with Gasteiger partial charge in [-0.3, -0.25) is 4.79 Å². The molecule has 0 aliphatic heterocycles. The smallest absolute Gasteiger partial charge is 0.224 e. The monoisotopic (exact) mass is 366 g/mol. The van der Waals surface area contributed by atoms with Gasteiger partial charge in [0, 0.05) is 18.0 Å². The summed E-state index contributed by atoms with van der Waals surface area (Å²) in [7, 11) is 4.07. The van der Waals surface area contributed by atoms with Gasteiger partial charge in [-0.05, 0) is 49.7 Å². The van der Waals surface area contributed by atoms with Gasteiger partial charge in [0.15, 0.2) is 0 Å². The molecule has 0 radical (unpaired) electrons. The Morgan fingerprint density at radius 1 is 1.15 bits per heavy atom. The van der Waals surface area contributed by atoms with Gasteiger partial charge in [-0.1, -0.05) is 56.3 Å². The van der Waals surface area contributed by atoms with Crippen LogP contribution in [0.5, 0.6) is 5.75 Å². The van der Waals surface area contributed by atoms with Crippen molar-refractivity contribution in [2.45, 2.75) is 31.7 Å². The van der Waals surface area contributed by atoms with Crippen molar-refractivity contribution in [1.82, 2.24) is 10.2 Å². The maximum Gasteiger partial charge on any atom is 0.224 e. The molecule has 0 heterocycles. The van der Waals surface area contributed by atoms with Crippen LogP contribution in [-0.2, 0) is 16.6 Å². The number of nitrogens with one attached hydrogen (secondary N) is 1. The number of nitrogens with zero attached hydrogens (tertiary/aromatic N) is 1. The highest BCUT2D eigenvalue weighted by Crippen LogP contribution is 2.59. The number of phenolic OH excluding ortho intramolecular Hbond substituents is 1. The van der Waals surface area contributed by atoms with Crippen LogP contribution in [0, 0.1) is 11.8 Å². The molecule has 0 aromatic heterocycles. The molecule has 27 heavy (non-hydrogen) atoms. The molecule has 4 atom stereocenters. The van der Waals surface area contributed by atoms with Crippen LogP contribution < -0.4 is 5.32 Å². The number of likely N-dealkylation sites (N-methyl/N-ethyl adjacent to an activating group) is 1. The molecule has 4 nitrogen and oxygen atoms in total. The summed E-state index contributed by atoms with van der Waals surface area (Å²) in [4.78, 5) is 15.0. The second kappa shape index (κ2) is 7.73. The van der Waals surface area contributed by atoms with Crippen molar-refractivity contribution in [3.05, 3.63) is 65.7 Å². The molecule has 2 aromatic carbocycles. The minimum absolute atomic E-state index is 0.0244. The molecule has 2 N–H and O–H groups in total. The summed E-state index contributed by atoms with van der Waals surface area (Å²) in [5.74, 6) is 0.786. The molecule has 1 aliphatic carbocycles. The largest absolute Gasteiger partial charge is 0.508 e. The first-order valence-electron chi connectivity index (χ1n) is 9.61. The van der Waals surface area contributed by atoms with E-state index in [1.807, 2.05) is 44.4 Å². The Morgan fingerprint density at radius 2 is 1.78 bits per heavy atom. The third kappa shape index (κ3) is 4.01. The molecule has 0 spiro atoms. The van der Waals surface area contributed by atoms with E-state index in [1.165, 1.54) is 5.56 Å². The second-order valence-corrected chi connectivity index (χ2v) is 8.15. The quantitative estimate of drug-likeness (QED) is 0.791. The summed E-state index contributed by atoms with van der Waals surface area (Å²) in [6, 6.07) is 17.8. The standard InChI is InChI=1S/C23H30N2O2/c1-16-21(23(16,2)18-8-6-5-7-9-18)22(27)24-15-19(25(3)4)14-17-10-12-20(26)13-11-17/h5-13,16,19,21,26H,14-15H2,1-4H3,(H,24,27)/t16-,19-,21-,23-/m0/s1. The first-order chi connectivity index (χ1) is 12.8. The Morgan fingerprint density at radius 3 is 2.37 bits per heavy atom. The molecular weight excluding hydrogens is 336 g/mol. The van der Waals surface area contributed by atoms with Gasteiger partial charge in [0.1, 0.15) is 5.75 Å². The molecular formula is C23H30N2O2. The van der Waals surface area contributed by atoms with Crippen LogP contribution >= 0.6 is 0 Å². The van der Waals surface area contributed by atoms with Gasteiger partial charge in [0.2, 0.25) is 5.91 Å². The zero-order chi connectivity index (χ0) is 19.6. The van der Waals surface area contributed by atoms with Crippen molar-refractivity contribution < 1.29 is 9.90 Å². The first-order valence-corrected chi connectivity index (χ1v) is 9.61. The van der Waals surface area contributed by atoms with Gasteiger partial charge in [0.25, 0.3) is 0 Å². The number of hydrogen-bond acceptors (Lipinski definition) is 3. The number of phenols is 1. The van der Waals surface area contributed by atoms with Crippen molar-refractivity contribution >= 4 is 5.91 Å². The highest BCUT2D eigenvalue weighted by Gasteiger charge is 2.62.